The maximum atomic E-state index is 12.8. The first kappa shape index (κ1) is 47.3. The second-order valence-corrected chi connectivity index (χ2v) is 14.4. The molecule has 318 valence electrons. The van der Waals surface area contributed by atoms with Gasteiger partial charge in [-0.2, -0.15) is 36.5 Å². The number of halogens is 6. The Kier molecular flexibility index (Phi) is 15.5. The van der Waals surface area contributed by atoms with Crippen LogP contribution in [-0.4, -0.2) is 62.4 Å². The first-order valence-electron chi connectivity index (χ1n) is 19.1. The van der Waals surface area contributed by atoms with Gasteiger partial charge in [0.25, 0.3) is 0 Å². The average molecular weight is 863 g/mol. The van der Waals surface area contributed by atoms with Crippen LogP contribution in [0, 0.1) is 0 Å². The summed E-state index contributed by atoms with van der Waals surface area (Å²) in [4.78, 5) is 24.2. The summed E-state index contributed by atoms with van der Waals surface area (Å²) in [5.74, 6) is -1.71. The van der Waals surface area contributed by atoms with E-state index in [0.717, 1.165) is 73.9 Å². The summed E-state index contributed by atoms with van der Waals surface area (Å²) in [6.45, 7) is 1.23. The summed E-state index contributed by atoms with van der Waals surface area (Å²) in [6.07, 6.45) is -3.23. The van der Waals surface area contributed by atoms with Crippen LogP contribution in [0.1, 0.15) is 105 Å². The Balaban J connectivity index is 0.000000224. The number of aromatic nitrogens is 4. The normalized spacial score (nSPS) is 16.8. The van der Waals surface area contributed by atoms with E-state index in [-0.39, 0.29) is 58.9 Å². The van der Waals surface area contributed by atoms with Crippen molar-refractivity contribution in [2.75, 3.05) is 20.3 Å². The van der Waals surface area contributed by atoms with Gasteiger partial charge in [0.1, 0.15) is 0 Å². The summed E-state index contributed by atoms with van der Waals surface area (Å²) in [6, 6.07) is 20.9. The number of benzene rings is 4. The van der Waals surface area contributed by atoms with Crippen LogP contribution in [0.15, 0.2) is 84.9 Å². The summed E-state index contributed by atoms with van der Waals surface area (Å²) in [5, 5.41) is 19.6. The van der Waals surface area contributed by atoms with Gasteiger partial charge in [-0.25, -0.2) is 19.0 Å². The number of alkyl halides is 6. The van der Waals surface area contributed by atoms with Crippen LogP contribution < -0.4 is 29.6 Å². The van der Waals surface area contributed by atoms with Crippen molar-refractivity contribution >= 4 is 33.7 Å². The molecule has 0 radical (unpaired) electrons. The molecule has 61 heavy (non-hydrogen) atoms. The van der Waals surface area contributed by atoms with Gasteiger partial charge in [0.2, 0.25) is 0 Å². The summed E-state index contributed by atoms with van der Waals surface area (Å²) in [7, 11) is 1.29. The monoisotopic (exact) mass is 862 g/mol. The van der Waals surface area contributed by atoms with E-state index in [0.29, 0.717) is 59.0 Å². The van der Waals surface area contributed by atoms with Gasteiger partial charge in [-0.15, -0.1) is 0 Å². The van der Waals surface area contributed by atoms with Crippen LogP contribution in [0.4, 0.5) is 26.3 Å². The van der Waals surface area contributed by atoms with E-state index >= 15 is 0 Å². The fourth-order valence-electron chi connectivity index (χ4n) is 7.54. The number of carboxylic acids is 1. The molecule has 4 aromatic carbocycles. The second-order valence-electron chi connectivity index (χ2n) is 14.4. The third-order valence-electron chi connectivity index (χ3n) is 10.4. The van der Waals surface area contributed by atoms with Crippen LogP contribution in [0.25, 0.3) is 21.8 Å². The molecule has 0 amide bonds. The largest absolute Gasteiger partial charge is 1.00 e. The number of hydrogen-bond donors (Lipinski definition) is 1. The molecule has 0 bridgehead atoms. The molecule has 0 spiro atoms. The maximum absolute atomic E-state index is 12.8. The van der Waals surface area contributed by atoms with Gasteiger partial charge in [0.05, 0.1) is 29.3 Å². The SMILES string of the molecule is COC(=O)c1nn(C2CCCCO2)c2cccc(Cc3ccc(C(F)(F)F)cc3)c12.O=C(O)c1nn(C2CCCCO2)c2cccc(Cc3ccc(C(F)(F)F)cc3)c12.[Na+].[OH-]. The van der Waals surface area contributed by atoms with Crippen molar-refractivity contribution in [3.05, 3.63) is 130 Å². The third kappa shape index (κ3) is 10.6. The molecular formula is C43H41F6N4NaO7. The summed E-state index contributed by atoms with van der Waals surface area (Å²) >= 11 is 0. The van der Waals surface area contributed by atoms with Crippen LogP contribution in [0.2, 0.25) is 0 Å². The van der Waals surface area contributed by atoms with Crippen molar-refractivity contribution in [3.63, 3.8) is 0 Å². The molecule has 18 heteroatoms. The molecular weight excluding hydrogens is 821 g/mol. The number of nitrogens with zero attached hydrogens (tertiary/aromatic N) is 4. The summed E-state index contributed by atoms with van der Waals surface area (Å²) in [5.41, 5.74) is 2.94. The molecule has 2 aliphatic heterocycles. The molecule has 2 N–H and O–H groups in total. The van der Waals surface area contributed by atoms with E-state index in [1.165, 1.54) is 31.4 Å². The zero-order chi connectivity index (χ0) is 41.9. The van der Waals surface area contributed by atoms with Crippen molar-refractivity contribution in [3.8, 4) is 0 Å². The van der Waals surface area contributed by atoms with Crippen molar-refractivity contribution < 1.29 is 90.3 Å². The number of methoxy groups -OCH3 is 1. The number of aromatic carboxylic acids is 1. The molecule has 6 aromatic rings. The smallest absolute Gasteiger partial charge is 0.870 e. The van der Waals surface area contributed by atoms with Gasteiger partial charge in [-0.05, 0) is 110 Å². The number of ether oxygens (including phenoxy) is 3. The first-order valence-corrected chi connectivity index (χ1v) is 19.1. The quantitative estimate of drug-likeness (QED) is 0.0971. The Hall–Kier alpha value is -4.78. The minimum atomic E-state index is -4.39. The van der Waals surface area contributed by atoms with Crippen molar-refractivity contribution in [1.82, 2.24) is 19.6 Å². The number of carbonyl (C=O) groups is 2. The maximum Gasteiger partial charge on any atom is 1.00 e. The van der Waals surface area contributed by atoms with E-state index in [1.54, 1.807) is 27.6 Å². The van der Waals surface area contributed by atoms with Gasteiger partial charge < -0.3 is 24.8 Å². The van der Waals surface area contributed by atoms with Gasteiger partial charge in [0, 0.05) is 24.0 Å². The molecule has 11 nitrogen and oxygen atoms in total. The molecule has 0 aliphatic carbocycles. The Morgan fingerprint density at radius 2 is 1.08 bits per heavy atom. The van der Waals surface area contributed by atoms with E-state index in [9.17, 15) is 41.0 Å². The van der Waals surface area contributed by atoms with E-state index < -0.39 is 35.4 Å². The number of esters is 1. The molecule has 2 aliphatic rings. The van der Waals surface area contributed by atoms with Gasteiger partial charge in [0.15, 0.2) is 23.8 Å². The fourth-order valence-corrected chi connectivity index (χ4v) is 7.54. The predicted molar refractivity (Wildman–Crippen MR) is 206 cm³/mol. The number of fused-ring (bicyclic) bond motifs is 2. The molecule has 2 unspecified atom stereocenters. The standard InChI is InChI=1S/C22H21F3N2O3.C21H19F3N2O3.Na.H2O/c1-29-21(28)20-19-15(13-14-8-10-16(11-9-14)22(23,24)25)5-4-6-17(19)27(26-20)18-7-2-3-12-30-18;22-21(23,24)15-9-7-13(8-10-15)12-14-4-3-5-16-18(14)19(20(27)28)25-26(16)17-6-1-2-11-29-17;;/h4-6,8-11,18H,2-3,7,12-13H2,1H3;3-5,7-10,17H,1-2,6,11-12H2,(H,27,28);;1H2/q;;+1;/p-1. The van der Waals surface area contributed by atoms with E-state index in [2.05, 4.69) is 10.2 Å². The molecule has 2 fully saturated rings. The van der Waals surface area contributed by atoms with Crippen LogP contribution in [0.5, 0.6) is 0 Å². The predicted octanol–water partition coefficient (Wildman–Crippen LogP) is 7.00. The number of rotatable bonds is 8. The Morgan fingerprint density at radius 3 is 1.44 bits per heavy atom. The fraction of sp³-hybridized carbons (Fsp3) is 0.349. The first-order chi connectivity index (χ1) is 28.2. The molecule has 2 aromatic heterocycles. The average Bonchev–Trinajstić information content (AvgIpc) is 3.83. The zero-order valence-electron chi connectivity index (χ0n) is 33.3. The molecule has 8 rings (SSSR count). The van der Waals surface area contributed by atoms with Crippen LogP contribution in [0.3, 0.4) is 0 Å². The van der Waals surface area contributed by atoms with Crippen molar-refractivity contribution in [2.45, 2.75) is 76.2 Å². The van der Waals surface area contributed by atoms with E-state index in [4.69, 9.17) is 14.2 Å². The van der Waals surface area contributed by atoms with Crippen LogP contribution >= 0.6 is 0 Å². The second kappa shape index (κ2) is 19.9. The number of hydrogen-bond acceptors (Lipinski definition) is 8. The topological polar surface area (TPSA) is 148 Å². The van der Waals surface area contributed by atoms with Gasteiger partial charge in [-0.3, -0.25) is 0 Å². The summed E-state index contributed by atoms with van der Waals surface area (Å²) < 4.78 is 96.8. The number of carbonyl (C=O) groups excluding carboxylic acids is 1. The zero-order valence-corrected chi connectivity index (χ0v) is 35.3. The Bertz CT molecular complexity index is 2440. The Labute approximate surface area is 368 Å². The van der Waals surface area contributed by atoms with Crippen molar-refractivity contribution in [2.24, 2.45) is 0 Å². The van der Waals surface area contributed by atoms with Crippen LogP contribution in [-0.2, 0) is 39.4 Å². The minimum absolute atomic E-state index is 0. The molecule has 4 heterocycles. The van der Waals surface area contributed by atoms with Crippen molar-refractivity contribution in [1.29, 1.82) is 0 Å². The van der Waals surface area contributed by atoms with Gasteiger partial charge >= 0.3 is 53.8 Å². The molecule has 2 atom stereocenters. The molecule has 2 saturated heterocycles. The minimum Gasteiger partial charge on any atom is -0.870 e. The van der Waals surface area contributed by atoms with E-state index in [1.807, 2.05) is 18.2 Å². The molecule has 0 saturated carbocycles. The third-order valence-corrected chi connectivity index (χ3v) is 10.4. The van der Waals surface area contributed by atoms with Gasteiger partial charge in [-0.1, -0.05) is 48.5 Å². The Morgan fingerprint density at radius 1 is 0.672 bits per heavy atom. The number of carboxylic acid groups (broad SMARTS) is 1.